The monoisotopic (exact) mass is 260 g/mol. The molecule has 0 saturated carbocycles. The smallest absolute Gasteiger partial charge is 0.408 e. The third-order valence-corrected chi connectivity index (χ3v) is 2.83. The van der Waals surface area contributed by atoms with Crippen molar-refractivity contribution in [2.24, 2.45) is 7.05 Å². The predicted molar refractivity (Wildman–Crippen MR) is 69.6 cm³/mol. The summed E-state index contributed by atoms with van der Waals surface area (Å²) in [7, 11) is 1.86. The number of nitrogen functional groups attached to an aromatic ring is 1. The average molecular weight is 260 g/mol. The van der Waals surface area contributed by atoms with Gasteiger partial charge in [-0.3, -0.25) is 4.98 Å². The van der Waals surface area contributed by atoms with Crippen molar-refractivity contribution in [1.29, 1.82) is 0 Å². The molecule has 8 nitrogen and oxygen atoms in total. The lowest BCUT2D eigenvalue weighted by atomic mass is 10.2. The van der Waals surface area contributed by atoms with E-state index in [1.54, 1.807) is 23.0 Å². The molecule has 4 N–H and O–H groups in total. The Kier molecular flexibility index (Phi) is 2.48. The second kappa shape index (κ2) is 4.16. The first-order valence-electron chi connectivity index (χ1n) is 5.62. The van der Waals surface area contributed by atoms with E-state index in [2.05, 4.69) is 20.5 Å². The minimum absolute atomic E-state index is 0.437. The molecule has 0 atom stereocenters. The Labute approximate surface area is 107 Å². The Morgan fingerprint density at radius 2 is 2.37 bits per heavy atom. The normalized spacial score (nSPS) is 11.0. The number of rotatable bonds is 3. The van der Waals surface area contributed by atoms with Gasteiger partial charge in [0.2, 0.25) is 0 Å². The van der Waals surface area contributed by atoms with Crippen LogP contribution in [0, 0.1) is 0 Å². The largest absolute Gasteiger partial charge is 0.417 e. The van der Waals surface area contributed by atoms with E-state index in [0.29, 0.717) is 29.0 Å². The Hall–Kier alpha value is -2.77. The van der Waals surface area contributed by atoms with Crippen molar-refractivity contribution in [3.05, 3.63) is 34.8 Å². The number of hydrogen-bond acceptors (Lipinski definition) is 6. The summed E-state index contributed by atoms with van der Waals surface area (Å²) in [5, 5.41) is 10.9. The van der Waals surface area contributed by atoms with E-state index in [1.807, 2.05) is 7.05 Å². The topological polar surface area (TPSA) is 115 Å². The van der Waals surface area contributed by atoms with Gasteiger partial charge < -0.3 is 20.0 Å². The number of nitrogens with one attached hydrogen (secondary N) is 2. The van der Waals surface area contributed by atoms with Crippen LogP contribution in [0.4, 0.5) is 11.4 Å². The van der Waals surface area contributed by atoms with Crippen LogP contribution in [0.1, 0.15) is 5.82 Å². The summed E-state index contributed by atoms with van der Waals surface area (Å²) in [6.45, 7) is 0.480. The van der Waals surface area contributed by atoms with Gasteiger partial charge in [0, 0.05) is 13.1 Å². The number of nitrogens with two attached hydrogens (primary N) is 1. The van der Waals surface area contributed by atoms with Crippen molar-refractivity contribution in [2.45, 2.75) is 6.54 Å². The first-order valence-corrected chi connectivity index (χ1v) is 5.62. The molecule has 2 aromatic heterocycles. The fraction of sp³-hybridized carbons (Fsp3) is 0.182. The summed E-state index contributed by atoms with van der Waals surface area (Å²) in [4.78, 5) is 13.7. The molecule has 0 fully saturated rings. The number of oxazole rings is 1. The van der Waals surface area contributed by atoms with E-state index in [0.717, 1.165) is 5.82 Å². The zero-order chi connectivity index (χ0) is 13.4. The first-order chi connectivity index (χ1) is 9.13. The molecule has 1 aromatic carbocycles. The van der Waals surface area contributed by atoms with E-state index < -0.39 is 5.76 Å². The Bertz CT molecular complexity index is 784. The molecule has 0 spiro atoms. The van der Waals surface area contributed by atoms with Crippen LogP contribution in [0.25, 0.3) is 11.1 Å². The molecule has 2 heterocycles. The number of H-pyrrole nitrogens is 1. The van der Waals surface area contributed by atoms with Gasteiger partial charge in [-0.1, -0.05) is 0 Å². The zero-order valence-corrected chi connectivity index (χ0v) is 10.2. The summed E-state index contributed by atoms with van der Waals surface area (Å²) in [6, 6.07) is 3.33. The number of aromatic amines is 1. The molecule has 0 aliphatic carbocycles. The van der Waals surface area contributed by atoms with Crippen molar-refractivity contribution in [1.82, 2.24) is 19.7 Å². The van der Waals surface area contributed by atoms with Crippen LogP contribution in [0.3, 0.4) is 0 Å². The fourth-order valence-electron chi connectivity index (χ4n) is 1.81. The van der Waals surface area contributed by atoms with Gasteiger partial charge in [-0.05, 0) is 6.07 Å². The van der Waals surface area contributed by atoms with Crippen LogP contribution in [0.2, 0.25) is 0 Å². The second-order valence-electron chi connectivity index (χ2n) is 4.16. The SMILES string of the molecule is Cn1cnnc1CNc1cc2[nH]c(=O)oc2cc1N. The number of fused-ring (bicyclic) bond motifs is 1. The lowest BCUT2D eigenvalue weighted by molar-refractivity contribution is 0.555. The summed E-state index contributed by atoms with van der Waals surface area (Å²) in [5.74, 6) is 0.278. The molecular weight excluding hydrogens is 248 g/mol. The lowest BCUT2D eigenvalue weighted by Crippen LogP contribution is -2.07. The number of nitrogens with zero attached hydrogens (tertiary/aromatic N) is 3. The van der Waals surface area contributed by atoms with E-state index in [1.165, 1.54) is 0 Å². The van der Waals surface area contributed by atoms with Crippen molar-refractivity contribution in [3.63, 3.8) is 0 Å². The number of aryl methyl sites for hydroxylation is 1. The molecular formula is C11H12N6O2. The summed E-state index contributed by atoms with van der Waals surface area (Å²) in [5.41, 5.74) is 8.12. The van der Waals surface area contributed by atoms with Gasteiger partial charge in [-0.2, -0.15) is 0 Å². The maximum Gasteiger partial charge on any atom is 0.417 e. The van der Waals surface area contributed by atoms with E-state index >= 15 is 0 Å². The van der Waals surface area contributed by atoms with Crippen LogP contribution >= 0.6 is 0 Å². The molecule has 8 heteroatoms. The van der Waals surface area contributed by atoms with Gasteiger partial charge >= 0.3 is 5.76 Å². The number of aromatic nitrogens is 4. The second-order valence-corrected chi connectivity index (χ2v) is 4.16. The lowest BCUT2D eigenvalue weighted by Gasteiger charge is -2.08. The highest BCUT2D eigenvalue weighted by Gasteiger charge is 2.07. The number of benzene rings is 1. The van der Waals surface area contributed by atoms with Crippen LogP contribution in [0.5, 0.6) is 0 Å². The molecule has 3 aromatic rings. The predicted octanol–water partition coefficient (Wildman–Crippen LogP) is 0.444. The quantitative estimate of drug-likeness (QED) is 0.589. The Morgan fingerprint density at radius 1 is 1.53 bits per heavy atom. The van der Waals surface area contributed by atoms with Gasteiger partial charge in [0.25, 0.3) is 0 Å². The third kappa shape index (κ3) is 2.03. The molecule has 98 valence electrons. The molecule has 19 heavy (non-hydrogen) atoms. The van der Waals surface area contributed by atoms with Gasteiger partial charge in [-0.15, -0.1) is 10.2 Å². The molecule has 0 radical (unpaired) electrons. The molecule has 0 unspecified atom stereocenters. The maximum absolute atomic E-state index is 11.1. The van der Waals surface area contributed by atoms with Crippen molar-refractivity contribution < 1.29 is 4.42 Å². The van der Waals surface area contributed by atoms with Gasteiger partial charge in [0.1, 0.15) is 6.33 Å². The average Bonchev–Trinajstić information content (AvgIpc) is 2.91. The molecule has 0 saturated heterocycles. The van der Waals surface area contributed by atoms with Crippen LogP contribution in [-0.4, -0.2) is 19.7 Å². The van der Waals surface area contributed by atoms with E-state index in [-0.39, 0.29) is 0 Å². The van der Waals surface area contributed by atoms with Crippen molar-refractivity contribution in [2.75, 3.05) is 11.1 Å². The highest BCUT2D eigenvalue weighted by atomic mass is 16.4. The highest BCUT2D eigenvalue weighted by molar-refractivity contribution is 5.85. The molecule has 0 aliphatic rings. The standard InChI is InChI=1S/C11H12N6O2/c1-17-5-14-16-10(17)4-13-7-3-8-9(2-6(7)12)19-11(18)15-8/h2-3,5,13H,4,12H2,1H3,(H,15,18). The van der Waals surface area contributed by atoms with Crippen molar-refractivity contribution >= 4 is 22.5 Å². The third-order valence-electron chi connectivity index (χ3n) is 2.83. The summed E-state index contributed by atoms with van der Waals surface area (Å²) in [6.07, 6.45) is 1.62. The van der Waals surface area contributed by atoms with E-state index in [4.69, 9.17) is 10.2 Å². The molecule has 0 amide bonds. The molecule has 3 rings (SSSR count). The summed E-state index contributed by atoms with van der Waals surface area (Å²) < 4.78 is 6.73. The number of hydrogen-bond donors (Lipinski definition) is 3. The minimum Gasteiger partial charge on any atom is -0.408 e. The Balaban J connectivity index is 1.90. The minimum atomic E-state index is -0.500. The fourth-order valence-corrected chi connectivity index (χ4v) is 1.81. The van der Waals surface area contributed by atoms with Gasteiger partial charge in [0.05, 0.1) is 23.4 Å². The van der Waals surface area contributed by atoms with Crippen molar-refractivity contribution in [3.8, 4) is 0 Å². The van der Waals surface area contributed by atoms with E-state index in [9.17, 15) is 4.79 Å². The summed E-state index contributed by atoms with van der Waals surface area (Å²) >= 11 is 0. The molecule has 0 aliphatic heterocycles. The first kappa shape index (κ1) is 11.3. The van der Waals surface area contributed by atoms with Crippen LogP contribution in [0.15, 0.2) is 27.7 Å². The van der Waals surface area contributed by atoms with Gasteiger partial charge in [-0.25, -0.2) is 4.79 Å². The highest BCUT2D eigenvalue weighted by Crippen LogP contribution is 2.24. The Morgan fingerprint density at radius 3 is 3.11 bits per heavy atom. The van der Waals surface area contributed by atoms with Gasteiger partial charge in [0.15, 0.2) is 11.4 Å². The maximum atomic E-state index is 11.1. The van der Waals surface area contributed by atoms with Crippen LogP contribution in [-0.2, 0) is 13.6 Å². The number of anilines is 2. The molecule has 0 bridgehead atoms. The zero-order valence-electron chi connectivity index (χ0n) is 10.2. The van der Waals surface area contributed by atoms with Crippen LogP contribution < -0.4 is 16.8 Å².